The van der Waals surface area contributed by atoms with Crippen molar-refractivity contribution in [1.82, 2.24) is 10.2 Å². The summed E-state index contributed by atoms with van der Waals surface area (Å²) in [6, 6.07) is 21.2. The van der Waals surface area contributed by atoms with Crippen LogP contribution in [-0.2, 0) is 27.8 Å². The van der Waals surface area contributed by atoms with Crippen LogP contribution < -0.4 is 10.0 Å². The monoisotopic (exact) mass is 479 g/mol. The predicted octanol–water partition coefficient (Wildman–Crippen LogP) is 3.56. The molecule has 0 aromatic heterocycles. The number of hydrogen-bond acceptors (Lipinski definition) is 5. The van der Waals surface area contributed by atoms with Crippen molar-refractivity contribution in [2.24, 2.45) is 0 Å². The molecule has 34 heavy (non-hydrogen) atoms. The van der Waals surface area contributed by atoms with E-state index in [2.05, 4.69) is 21.0 Å². The highest BCUT2D eigenvalue weighted by Crippen LogP contribution is 2.20. The summed E-state index contributed by atoms with van der Waals surface area (Å²) < 4.78 is 33.5. The number of carbonyl (C=O) groups is 1. The van der Waals surface area contributed by atoms with Gasteiger partial charge < -0.3 is 10.1 Å². The fraction of sp³-hybridized carbons (Fsp3) is 0.269. The molecule has 0 spiro atoms. The van der Waals surface area contributed by atoms with Crippen molar-refractivity contribution in [3.63, 3.8) is 0 Å². The minimum atomic E-state index is -3.75. The number of ether oxygens (including phenoxy) is 1. The van der Waals surface area contributed by atoms with E-state index in [-0.39, 0.29) is 10.8 Å². The van der Waals surface area contributed by atoms with Gasteiger partial charge in [-0.05, 0) is 53.9 Å². The number of anilines is 1. The number of nitrogens with zero attached hydrogens (tertiary/aromatic N) is 1. The van der Waals surface area contributed by atoms with Crippen molar-refractivity contribution < 1.29 is 17.9 Å². The summed E-state index contributed by atoms with van der Waals surface area (Å²) in [6.07, 6.45) is 0. The number of sulfonamides is 1. The Morgan fingerprint density at radius 2 is 1.56 bits per heavy atom. The second kappa shape index (κ2) is 10.8. The molecule has 1 fully saturated rings. The van der Waals surface area contributed by atoms with Gasteiger partial charge in [0.25, 0.3) is 15.9 Å². The Morgan fingerprint density at radius 3 is 2.26 bits per heavy atom. The number of nitrogens with one attached hydrogen (secondary N) is 2. The van der Waals surface area contributed by atoms with E-state index < -0.39 is 10.0 Å². The van der Waals surface area contributed by atoms with Gasteiger partial charge in [0.15, 0.2) is 0 Å². The lowest BCUT2D eigenvalue weighted by Gasteiger charge is -2.27. The third-order valence-corrected chi connectivity index (χ3v) is 7.25. The summed E-state index contributed by atoms with van der Waals surface area (Å²) in [7, 11) is -3.75. The average Bonchev–Trinajstić information content (AvgIpc) is 2.85. The van der Waals surface area contributed by atoms with Crippen LogP contribution in [0.1, 0.15) is 27.0 Å². The molecule has 3 aromatic carbocycles. The number of benzene rings is 3. The third-order valence-electron chi connectivity index (χ3n) is 5.87. The highest BCUT2D eigenvalue weighted by atomic mass is 32.2. The summed E-state index contributed by atoms with van der Waals surface area (Å²) in [4.78, 5) is 15.2. The molecular formula is C26H29N3O4S. The fourth-order valence-corrected chi connectivity index (χ4v) is 4.97. The van der Waals surface area contributed by atoms with Crippen LogP contribution >= 0.6 is 0 Å². The third kappa shape index (κ3) is 6.02. The molecule has 1 amide bonds. The van der Waals surface area contributed by atoms with Crippen LogP contribution in [0.5, 0.6) is 0 Å². The zero-order valence-electron chi connectivity index (χ0n) is 19.2. The van der Waals surface area contributed by atoms with Gasteiger partial charge in [-0.15, -0.1) is 0 Å². The lowest BCUT2D eigenvalue weighted by Crippen LogP contribution is -2.36. The molecule has 1 aliphatic rings. The second-order valence-electron chi connectivity index (χ2n) is 8.28. The van der Waals surface area contributed by atoms with Crippen LogP contribution in [0.4, 0.5) is 5.69 Å². The Bertz CT molecular complexity index is 1240. The maximum atomic E-state index is 12.7. The SMILES string of the molecule is Cc1ccccc1NS(=O)(=O)c1ccc(C(=O)NCc2ccccc2CN2CCOCC2)cc1. The van der Waals surface area contributed by atoms with Gasteiger partial charge in [-0.3, -0.25) is 14.4 Å². The van der Waals surface area contributed by atoms with Gasteiger partial charge in [-0.2, -0.15) is 0 Å². The molecule has 2 N–H and O–H groups in total. The highest BCUT2D eigenvalue weighted by molar-refractivity contribution is 7.92. The van der Waals surface area contributed by atoms with Crippen LogP contribution in [-0.4, -0.2) is 45.5 Å². The van der Waals surface area contributed by atoms with Gasteiger partial charge in [0.2, 0.25) is 0 Å². The van der Waals surface area contributed by atoms with E-state index in [9.17, 15) is 13.2 Å². The molecule has 4 rings (SSSR count). The Kier molecular flexibility index (Phi) is 7.62. The molecular weight excluding hydrogens is 450 g/mol. The zero-order valence-corrected chi connectivity index (χ0v) is 20.0. The quantitative estimate of drug-likeness (QED) is 0.516. The van der Waals surface area contributed by atoms with E-state index in [4.69, 9.17) is 4.74 Å². The summed E-state index contributed by atoms with van der Waals surface area (Å²) in [6.45, 7) is 6.33. The number of amides is 1. The molecule has 3 aromatic rings. The van der Waals surface area contributed by atoms with Crippen LogP contribution in [0, 0.1) is 6.92 Å². The van der Waals surface area contributed by atoms with E-state index in [1.807, 2.05) is 37.3 Å². The minimum Gasteiger partial charge on any atom is -0.379 e. The van der Waals surface area contributed by atoms with Crippen LogP contribution in [0.2, 0.25) is 0 Å². The van der Waals surface area contributed by atoms with Gasteiger partial charge >= 0.3 is 0 Å². The van der Waals surface area contributed by atoms with Crippen molar-refractivity contribution in [2.75, 3.05) is 31.0 Å². The molecule has 0 radical (unpaired) electrons. The Balaban J connectivity index is 1.39. The van der Waals surface area contributed by atoms with Crippen LogP contribution in [0.25, 0.3) is 0 Å². The topological polar surface area (TPSA) is 87.7 Å². The Hall–Kier alpha value is -3.20. The minimum absolute atomic E-state index is 0.100. The predicted molar refractivity (Wildman–Crippen MR) is 132 cm³/mol. The molecule has 7 nitrogen and oxygen atoms in total. The molecule has 1 heterocycles. The van der Waals surface area contributed by atoms with E-state index in [1.165, 1.54) is 29.8 Å². The number of rotatable bonds is 8. The number of aryl methyl sites for hydroxylation is 1. The zero-order chi connectivity index (χ0) is 24.0. The summed E-state index contributed by atoms with van der Waals surface area (Å²) in [5.41, 5.74) is 3.99. The van der Waals surface area contributed by atoms with Crippen molar-refractivity contribution in [2.45, 2.75) is 24.9 Å². The van der Waals surface area contributed by atoms with Gasteiger partial charge in [0.1, 0.15) is 0 Å². The van der Waals surface area contributed by atoms with Crippen molar-refractivity contribution >= 4 is 21.6 Å². The average molecular weight is 480 g/mol. The maximum absolute atomic E-state index is 12.7. The van der Waals surface area contributed by atoms with Crippen LogP contribution in [0.3, 0.4) is 0 Å². The number of para-hydroxylation sites is 1. The lowest BCUT2D eigenvalue weighted by molar-refractivity contribution is 0.0340. The first-order valence-corrected chi connectivity index (χ1v) is 12.7. The van der Waals surface area contributed by atoms with E-state index >= 15 is 0 Å². The normalized spacial score (nSPS) is 14.5. The van der Waals surface area contributed by atoms with Gasteiger partial charge in [0.05, 0.1) is 23.8 Å². The van der Waals surface area contributed by atoms with Crippen molar-refractivity contribution in [3.05, 3.63) is 95.1 Å². The lowest BCUT2D eigenvalue weighted by atomic mass is 10.1. The van der Waals surface area contributed by atoms with Crippen molar-refractivity contribution in [3.8, 4) is 0 Å². The van der Waals surface area contributed by atoms with Crippen LogP contribution in [0.15, 0.2) is 77.7 Å². The number of hydrogen-bond donors (Lipinski definition) is 2. The number of morpholine rings is 1. The first-order valence-electron chi connectivity index (χ1n) is 11.3. The molecule has 0 saturated carbocycles. The van der Waals surface area contributed by atoms with E-state index in [0.29, 0.717) is 17.8 Å². The fourth-order valence-electron chi connectivity index (χ4n) is 3.84. The molecule has 1 saturated heterocycles. The van der Waals surface area contributed by atoms with Gasteiger partial charge in [-0.1, -0.05) is 42.5 Å². The van der Waals surface area contributed by atoms with E-state index in [1.54, 1.807) is 12.1 Å². The molecule has 0 bridgehead atoms. The van der Waals surface area contributed by atoms with E-state index in [0.717, 1.165) is 44.0 Å². The maximum Gasteiger partial charge on any atom is 0.261 e. The molecule has 0 unspecified atom stereocenters. The molecule has 1 aliphatic heterocycles. The molecule has 0 atom stereocenters. The summed E-state index contributed by atoms with van der Waals surface area (Å²) >= 11 is 0. The standard InChI is InChI=1S/C26H29N3O4S/c1-20-6-2-5-9-25(20)28-34(31,32)24-12-10-21(11-13-24)26(30)27-18-22-7-3-4-8-23(22)19-29-14-16-33-17-15-29/h2-13,28H,14-19H2,1H3,(H,27,30). The van der Waals surface area contributed by atoms with Crippen molar-refractivity contribution in [1.29, 1.82) is 0 Å². The smallest absolute Gasteiger partial charge is 0.261 e. The summed E-state index contributed by atoms with van der Waals surface area (Å²) in [5.74, 6) is -0.253. The Morgan fingerprint density at radius 1 is 0.912 bits per heavy atom. The van der Waals surface area contributed by atoms with Gasteiger partial charge in [0, 0.05) is 31.7 Å². The molecule has 0 aliphatic carbocycles. The van der Waals surface area contributed by atoms with Gasteiger partial charge in [-0.25, -0.2) is 8.42 Å². The first-order chi connectivity index (χ1) is 16.4. The summed E-state index contributed by atoms with van der Waals surface area (Å²) in [5, 5.41) is 2.95. The largest absolute Gasteiger partial charge is 0.379 e. The molecule has 178 valence electrons. The highest BCUT2D eigenvalue weighted by Gasteiger charge is 2.17. The Labute approximate surface area is 200 Å². The molecule has 8 heteroatoms. The first kappa shape index (κ1) is 23.9. The number of carbonyl (C=O) groups excluding carboxylic acids is 1. The second-order valence-corrected chi connectivity index (χ2v) is 9.97.